The summed E-state index contributed by atoms with van der Waals surface area (Å²) in [5.41, 5.74) is 0. The minimum Gasteiger partial charge on any atom is -0.456 e. The molecular formula is C69H130N2O7P+. The van der Waals surface area contributed by atoms with Crippen LogP contribution in [-0.4, -0.2) is 74.3 Å². The summed E-state index contributed by atoms with van der Waals surface area (Å²) in [4.78, 5) is 37.8. The number of amides is 1. The van der Waals surface area contributed by atoms with Gasteiger partial charge in [-0.3, -0.25) is 18.6 Å². The topological polar surface area (TPSA) is 111 Å². The molecule has 9 nitrogen and oxygen atoms in total. The van der Waals surface area contributed by atoms with Gasteiger partial charge in [0.15, 0.2) is 0 Å². The number of quaternary nitrogens is 1. The molecule has 0 spiro atoms. The van der Waals surface area contributed by atoms with E-state index in [2.05, 4.69) is 74.7 Å². The Morgan fingerprint density at radius 1 is 0.443 bits per heavy atom. The van der Waals surface area contributed by atoms with Crippen LogP contribution in [-0.2, 0) is 27.9 Å². The molecule has 0 bridgehead atoms. The maximum atomic E-state index is 13.6. The minimum absolute atomic E-state index is 0.0390. The number of carbonyl (C=O) groups excluding carboxylic acids is 2. The number of nitrogens with one attached hydrogen (secondary N) is 1. The van der Waals surface area contributed by atoms with E-state index >= 15 is 0 Å². The highest BCUT2D eigenvalue weighted by molar-refractivity contribution is 7.47. The molecule has 79 heavy (non-hydrogen) atoms. The summed E-state index contributed by atoms with van der Waals surface area (Å²) in [5.74, 6) is -0.503. The van der Waals surface area contributed by atoms with Crippen molar-refractivity contribution < 1.29 is 37.3 Å². The average molecular weight is 1130 g/mol. The summed E-state index contributed by atoms with van der Waals surface area (Å²) in [6.45, 7) is 7.00. The van der Waals surface area contributed by atoms with Gasteiger partial charge in [0.05, 0.1) is 33.8 Å². The molecule has 0 fully saturated rings. The maximum Gasteiger partial charge on any atom is 0.472 e. The van der Waals surface area contributed by atoms with Crippen LogP contribution in [0.25, 0.3) is 0 Å². The van der Waals surface area contributed by atoms with Gasteiger partial charge in [-0.1, -0.05) is 268 Å². The molecule has 462 valence electrons. The lowest BCUT2D eigenvalue weighted by Gasteiger charge is -2.27. The number of unbranched alkanes of at least 4 members (excludes halogenated alkanes) is 37. The molecule has 0 aliphatic rings. The molecule has 2 N–H and O–H groups in total. The maximum absolute atomic E-state index is 13.6. The number of carbonyl (C=O) groups is 2. The van der Waals surface area contributed by atoms with Gasteiger partial charge in [0, 0.05) is 12.8 Å². The van der Waals surface area contributed by atoms with Crippen molar-refractivity contribution in [2.45, 2.75) is 328 Å². The number of rotatable bonds is 61. The molecule has 0 aliphatic heterocycles. The Labute approximate surface area is 490 Å². The molecule has 0 aromatic rings. The lowest BCUT2D eigenvalue weighted by Crippen LogP contribution is -2.47. The van der Waals surface area contributed by atoms with Crippen molar-refractivity contribution in [3.63, 3.8) is 0 Å². The van der Waals surface area contributed by atoms with Gasteiger partial charge in [-0.25, -0.2) is 4.57 Å². The van der Waals surface area contributed by atoms with Gasteiger partial charge in [0.1, 0.15) is 19.3 Å². The number of esters is 1. The monoisotopic (exact) mass is 1130 g/mol. The van der Waals surface area contributed by atoms with Gasteiger partial charge < -0.3 is 19.4 Å². The average Bonchev–Trinajstić information content (AvgIpc) is 3.41. The minimum atomic E-state index is -4.45. The molecule has 0 aromatic heterocycles. The predicted molar refractivity (Wildman–Crippen MR) is 342 cm³/mol. The summed E-state index contributed by atoms with van der Waals surface area (Å²) in [7, 11) is 1.50. The van der Waals surface area contributed by atoms with Gasteiger partial charge in [-0.2, -0.15) is 0 Å². The Hall–Kier alpha value is -2.29. The number of allylic oxidation sites excluding steroid dienone is 9. The second-order valence-corrected chi connectivity index (χ2v) is 25.4. The van der Waals surface area contributed by atoms with Gasteiger partial charge in [-0.05, 0) is 96.0 Å². The second-order valence-electron chi connectivity index (χ2n) is 24.0. The van der Waals surface area contributed by atoms with Crippen molar-refractivity contribution in [3.05, 3.63) is 60.8 Å². The highest BCUT2D eigenvalue weighted by Crippen LogP contribution is 2.43. The van der Waals surface area contributed by atoms with E-state index in [1.807, 2.05) is 33.3 Å². The largest absolute Gasteiger partial charge is 0.472 e. The Kier molecular flexibility index (Phi) is 57.2. The molecule has 3 unspecified atom stereocenters. The third kappa shape index (κ3) is 60.1. The van der Waals surface area contributed by atoms with Crippen LogP contribution in [0.4, 0.5) is 0 Å². The molecular weight excluding hydrogens is 1000 g/mol. The number of hydrogen-bond acceptors (Lipinski definition) is 6. The first-order chi connectivity index (χ1) is 38.4. The molecule has 0 rings (SSSR count). The van der Waals surface area contributed by atoms with E-state index < -0.39 is 20.0 Å². The molecule has 10 heteroatoms. The summed E-state index contributed by atoms with van der Waals surface area (Å²) < 4.78 is 30.8. The highest BCUT2D eigenvalue weighted by Gasteiger charge is 2.30. The Morgan fingerprint density at radius 3 is 1.20 bits per heavy atom. The van der Waals surface area contributed by atoms with Crippen LogP contribution in [0, 0.1) is 0 Å². The standard InChI is InChI=1S/C69H129N2O7P/c1-7-10-13-16-19-22-25-28-30-31-32-33-34-35-36-37-38-39-41-44-47-50-53-56-59-62-69(73)78-67(60-57-54-51-48-45-42-27-24-21-18-15-12-9-3)66(65-77-79(74,75)76-64-63-71(4,5)6)70-68(72)61-58-55-52-49-46-43-40-29-26-23-20-17-14-11-8-2/h19,22-23,26,28,30,32-33,57,60,66-67H,7-18,20-21,24-25,27,29,31,34-56,58-59,61-65H2,1-6H3,(H-,70,72,74,75)/p+1/b22-19-,26-23-,30-28-,33-32-,60-57-. The predicted octanol–water partition coefficient (Wildman–Crippen LogP) is 21.0. The van der Waals surface area contributed by atoms with Crippen LogP contribution in [0.15, 0.2) is 60.8 Å². The molecule has 0 heterocycles. The third-order valence-corrected chi connectivity index (χ3v) is 15.9. The number of phosphoric ester groups is 1. The summed E-state index contributed by atoms with van der Waals surface area (Å²) in [6.07, 6.45) is 75.0. The molecule has 3 atom stereocenters. The van der Waals surface area contributed by atoms with Gasteiger partial charge in [0.2, 0.25) is 5.91 Å². The van der Waals surface area contributed by atoms with Gasteiger partial charge >= 0.3 is 13.8 Å². The quantitative estimate of drug-likeness (QED) is 0.0205. The summed E-state index contributed by atoms with van der Waals surface area (Å²) >= 11 is 0. The first kappa shape index (κ1) is 76.7. The molecule has 0 saturated heterocycles. The third-order valence-electron chi connectivity index (χ3n) is 14.9. The zero-order chi connectivity index (χ0) is 57.9. The van der Waals surface area contributed by atoms with E-state index in [1.165, 1.54) is 199 Å². The van der Waals surface area contributed by atoms with E-state index in [9.17, 15) is 19.0 Å². The van der Waals surface area contributed by atoms with E-state index in [0.717, 1.165) is 83.5 Å². The highest BCUT2D eigenvalue weighted by atomic mass is 31.2. The Bertz CT molecular complexity index is 1540. The molecule has 0 aromatic carbocycles. The second kappa shape index (κ2) is 58.9. The van der Waals surface area contributed by atoms with Crippen LogP contribution in [0.3, 0.4) is 0 Å². The van der Waals surface area contributed by atoms with Crippen molar-refractivity contribution in [1.29, 1.82) is 0 Å². The molecule has 1 amide bonds. The number of phosphoric acid groups is 1. The molecule has 0 saturated carbocycles. The lowest BCUT2D eigenvalue weighted by atomic mass is 10.0. The van der Waals surface area contributed by atoms with Crippen LogP contribution in [0.5, 0.6) is 0 Å². The van der Waals surface area contributed by atoms with Crippen LogP contribution >= 0.6 is 7.82 Å². The van der Waals surface area contributed by atoms with Crippen molar-refractivity contribution in [1.82, 2.24) is 5.32 Å². The number of likely N-dealkylation sites (N-methyl/N-ethyl adjacent to an activating group) is 1. The SMILES string of the molecule is CCCCC/C=C\C/C=C\C/C=C\CCCCCCCCCCCCCCC(=O)OC(/C=C\CCCCCCCCCCCCC)C(COP(=O)(O)OCC[N+](C)(C)C)NC(=O)CCCCCCCCC/C=C\CCCCCC. The van der Waals surface area contributed by atoms with Crippen molar-refractivity contribution in [2.75, 3.05) is 40.9 Å². The normalized spacial score (nSPS) is 14.0. The number of ether oxygens (including phenoxy) is 1. The number of hydrogen-bond donors (Lipinski definition) is 2. The first-order valence-electron chi connectivity index (χ1n) is 33.6. The van der Waals surface area contributed by atoms with Crippen LogP contribution in [0.2, 0.25) is 0 Å². The van der Waals surface area contributed by atoms with Crippen molar-refractivity contribution >= 4 is 19.7 Å². The smallest absolute Gasteiger partial charge is 0.456 e. The Morgan fingerprint density at radius 2 is 0.772 bits per heavy atom. The molecule has 0 aliphatic carbocycles. The van der Waals surface area contributed by atoms with E-state index in [4.69, 9.17) is 13.8 Å². The fourth-order valence-corrected chi connectivity index (χ4v) is 10.4. The van der Waals surface area contributed by atoms with Gasteiger partial charge in [-0.15, -0.1) is 0 Å². The Balaban J connectivity index is 5.12. The van der Waals surface area contributed by atoms with Crippen molar-refractivity contribution in [3.8, 4) is 0 Å². The number of nitrogens with zero attached hydrogens (tertiary/aromatic N) is 1. The molecule has 0 radical (unpaired) electrons. The summed E-state index contributed by atoms with van der Waals surface area (Å²) in [5, 5.41) is 3.06. The fourth-order valence-electron chi connectivity index (χ4n) is 9.71. The van der Waals surface area contributed by atoms with E-state index in [1.54, 1.807) is 0 Å². The lowest BCUT2D eigenvalue weighted by molar-refractivity contribution is -0.870. The zero-order valence-electron chi connectivity index (χ0n) is 52.9. The van der Waals surface area contributed by atoms with E-state index in [-0.39, 0.29) is 31.5 Å². The van der Waals surface area contributed by atoms with Gasteiger partial charge in [0.25, 0.3) is 0 Å². The van der Waals surface area contributed by atoms with Crippen molar-refractivity contribution in [2.24, 2.45) is 0 Å². The summed E-state index contributed by atoms with van der Waals surface area (Å²) in [6, 6.07) is -0.852. The fraction of sp³-hybridized carbons (Fsp3) is 0.826. The first-order valence-corrected chi connectivity index (χ1v) is 35.1. The van der Waals surface area contributed by atoms with Crippen LogP contribution < -0.4 is 5.32 Å². The van der Waals surface area contributed by atoms with Crippen LogP contribution in [0.1, 0.15) is 316 Å². The zero-order valence-corrected chi connectivity index (χ0v) is 53.8. The van der Waals surface area contributed by atoms with E-state index in [0.29, 0.717) is 17.4 Å².